The number of hydrogen-bond donors (Lipinski definition) is 0. The van der Waals surface area contributed by atoms with Gasteiger partial charge in [0.05, 0.1) is 5.69 Å². The predicted octanol–water partition coefficient (Wildman–Crippen LogP) is 8.35. The molecule has 5 aromatic carbocycles. The van der Waals surface area contributed by atoms with Gasteiger partial charge in [-0.1, -0.05) is 120 Å². The highest BCUT2D eigenvalue weighted by Crippen LogP contribution is 2.44. The second-order valence-electron chi connectivity index (χ2n) is 13.5. The molecule has 0 saturated heterocycles. The predicted molar refractivity (Wildman–Crippen MR) is 175 cm³/mol. The van der Waals surface area contributed by atoms with Crippen LogP contribution in [0, 0.1) is 0 Å². The maximum absolute atomic E-state index is 6.68. The fraction of sp³-hybridized carbons (Fsp3) is 0.211. The lowest BCUT2D eigenvalue weighted by molar-refractivity contribution is 0.486. The Kier molecular flexibility index (Phi) is 5.73. The highest BCUT2D eigenvalue weighted by Gasteiger charge is 2.42. The minimum atomic E-state index is 0.0306. The van der Waals surface area contributed by atoms with E-state index < -0.39 is 0 Å². The van der Waals surface area contributed by atoms with Gasteiger partial charge in [0.1, 0.15) is 11.5 Å². The molecular weight excluding hydrogens is 497 g/mol. The average molecular weight is 534 g/mol. The van der Waals surface area contributed by atoms with Crippen molar-refractivity contribution in [3.05, 3.63) is 120 Å². The normalized spacial score (nSPS) is 13.7. The fourth-order valence-electron chi connectivity index (χ4n) is 6.41. The SMILES string of the molecule is CC(C)(C)c1ccc2c(c1)B1c3cc(C(C)(C)C)ccc3N(c3ccccc3-c3ccccc3)c3cccc(c31)O2. The number of benzene rings is 5. The van der Waals surface area contributed by atoms with Crippen molar-refractivity contribution < 1.29 is 4.74 Å². The number of fused-ring (bicyclic) bond motifs is 4. The summed E-state index contributed by atoms with van der Waals surface area (Å²) in [6, 6.07) is 39.9. The van der Waals surface area contributed by atoms with Crippen molar-refractivity contribution in [1.82, 2.24) is 0 Å². The molecule has 0 fully saturated rings. The molecule has 0 amide bonds. The molecule has 0 radical (unpaired) electrons. The van der Waals surface area contributed by atoms with Crippen LogP contribution < -0.4 is 26.0 Å². The monoisotopic (exact) mass is 533 g/mol. The van der Waals surface area contributed by atoms with Gasteiger partial charge in [0, 0.05) is 16.9 Å². The first-order valence-electron chi connectivity index (χ1n) is 14.7. The largest absolute Gasteiger partial charge is 0.458 e. The molecule has 7 rings (SSSR count). The molecule has 0 unspecified atom stereocenters. The molecule has 0 spiro atoms. The van der Waals surface area contributed by atoms with Gasteiger partial charge in [0.25, 0.3) is 6.71 Å². The van der Waals surface area contributed by atoms with Crippen LogP contribution in [-0.2, 0) is 10.8 Å². The van der Waals surface area contributed by atoms with E-state index in [1.165, 1.54) is 55.7 Å². The van der Waals surface area contributed by atoms with Crippen LogP contribution in [-0.4, -0.2) is 6.71 Å². The minimum absolute atomic E-state index is 0.0306. The van der Waals surface area contributed by atoms with E-state index >= 15 is 0 Å². The lowest BCUT2D eigenvalue weighted by Crippen LogP contribution is -2.59. The number of hydrogen-bond acceptors (Lipinski definition) is 2. The lowest BCUT2D eigenvalue weighted by Gasteiger charge is -2.41. The summed E-state index contributed by atoms with van der Waals surface area (Å²) in [7, 11) is 0. The Bertz CT molecular complexity index is 1790. The summed E-state index contributed by atoms with van der Waals surface area (Å²) < 4.78 is 6.68. The van der Waals surface area contributed by atoms with Crippen molar-refractivity contribution in [2.75, 3.05) is 4.90 Å². The Hall–Kier alpha value is -4.24. The molecule has 2 nitrogen and oxygen atoms in total. The maximum Gasteiger partial charge on any atom is 0.256 e. The van der Waals surface area contributed by atoms with Crippen molar-refractivity contribution in [2.24, 2.45) is 0 Å². The molecular formula is C38H36BNO. The maximum atomic E-state index is 6.68. The average Bonchev–Trinajstić information content (AvgIpc) is 2.96. The number of para-hydroxylation sites is 1. The topological polar surface area (TPSA) is 12.5 Å². The Morgan fingerprint density at radius 3 is 1.90 bits per heavy atom. The van der Waals surface area contributed by atoms with Crippen molar-refractivity contribution in [3.8, 4) is 22.6 Å². The van der Waals surface area contributed by atoms with Crippen molar-refractivity contribution >= 4 is 40.2 Å². The third-order valence-electron chi connectivity index (χ3n) is 8.65. The Morgan fingerprint density at radius 2 is 1.17 bits per heavy atom. The van der Waals surface area contributed by atoms with Crippen LogP contribution in [0.25, 0.3) is 11.1 Å². The van der Waals surface area contributed by atoms with Gasteiger partial charge in [-0.25, -0.2) is 0 Å². The zero-order valence-electron chi connectivity index (χ0n) is 24.8. The van der Waals surface area contributed by atoms with Crippen LogP contribution in [0.15, 0.2) is 109 Å². The summed E-state index contributed by atoms with van der Waals surface area (Å²) in [6.45, 7) is 13.8. The summed E-state index contributed by atoms with van der Waals surface area (Å²) in [5.41, 5.74) is 12.6. The molecule has 3 heteroatoms. The first-order valence-corrected chi connectivity index (χ1v) is 14.7. The summed E-state index contributed by atoms with van der Waals surface area (Å²) in [5, 5.41) is 0. The van der Waals surface area contributed by atoms with Gasteiger partial charge in [-0.05, 0) is 74.2 Å². The molecule has 41 heavy (non-hydrogen) atoms. The van der Waals surface area contributed by atoms with E-state index in [0.29, 0.717) is 0 Å². The van der Waals surface area contributed by atoms with E-state index in [1.54, 1.807) is 0 Å². The quantitative estimate of drug-likeness (QED) is 0.207. The van der Waals surface area contributed by atoms with Gasteiger partial charge in [-0.2, -0.15) is 0 Å². The molecule has 0 saturated carbocycles. The van der Waals surface area contributed by atoms with E-state index in [4.69, 9.17) is 4.74 Å². The number of ether oxygens (including phenoxy) is 1. The van der Waals surface area contributed by atoms with Crippen molar-refractivity contribution in [2.45, 2.75) is 52.4 Å². The molecule has 0 aliphatic carbocycles. The molecule has 0 bridgehead atoms. The molecule has 2 aliphatic heterocycles. The molecule has 2 heterocycles. The molecule has 2 aliphatic rings. The number of nitrogens with zero attached hydrogens (tertiary/aromatic N) is 1. The van der Waals surface area contributed by atoms with Gasteiger partial charge in [0.2, 0.25) is 0 Å². The summed E-state index contributed by atoms with van der Waals surface area (Å²) in [4.78, 5) is 2.46. The van der Waals surface area contributed by atoms with Crippen LogP contribution in [0.4, 0.5) is 17.1 Å². The third-order valence-corrected chi connectivity index (χ3v) is 8.65. The van der Waals surface area contributed by atoms with E-state index in [0.717, 1.165) is 11.5 Å². The van der Waals surface area contributed by atoms with Gasteiger partial charge >= 0.3 is 0 Å². The Labute approximate surface area is 244 Å². The zero-order valence-corrected chi connectivity index (χ0v) is 24.8. The minimum Gasteiger partial charge on any atom is -0.458 e. The van der Waals surface area contributed by atoms with Crippen LogP contribution >= 0.6 is 0 Å². The Morgan fingerprint density at radius 1 is 0.537 bits per heavy atom. The number of rotatable bonds is 2. The van der Waals surface area contributed by atoms with Crippen LogP contribution in [0.3, 0.4) is 0 Å². The number of anilines is 3. The van der Waals surface area contributed by atoms with E-state index in [-0.39, 0.29) is 17.5 Å². The molecule has 202 valence electrons. The molecule has 5 aromatic rings. The van der Waals surface area contributed by atoms with E-state index in [2.05, 4.69) is 156 Å². The van der Waals surface area contributed by atoms with Crippen molar-refractivity contribution in [3.63, 3.8) is 0 Å². The smallest absolute Gasteiger partial charge is 0.256 e. The van der Waals surface area contributed by atoms with Crippen LogP contribution in [0.1, 0.15) is 52.7 Å². The van der Waals surface area contributed by atoms with Gasteiger partial charge in [0.15, 0.2) is 0 Å². The van der Waals surface area contributed by atoms with Crippen LogP contribution in [0.2, 0.25) is 0 Å². The van der Waals surface area contributed by atoms with Crippen molar-refractivity contribution in [1.29, 1.82) is 0 Å². The highest BCUT2D eigenvalue weighted by molar-refractivity contribution is 6.99. The summed E-state index contributed by atoms with van der Waals surface area (Å²) in [5.74, 6) is 1.90. The highest BCUT2D eigenvalue weighted by atomic mass is 16.5. The standard InChI is InChI=1S/C38H36BNO/c1-37(2,3)26-19-21-32-29(23-26)39-30-24-27(38(4,5)6)20-22-34(30)41-35-18-12-17-33(36(35)39)40(32)31-16-11-10-15-28(31)25-13-8-7-9-14-25/h7-24H,1-6H3. The second kappa shape index (κ2) is 9.14. The van der Waals surface area contributed by atoms with Gasteiger partial charge < -0.3 is 9.64 Å². The third kappa shape index (κ3) is 4.18. The second-order valence-corrected chi connectivity index (χ2v) is 13.5. The molecule has 0 atom stereocenters. The van der Waals surface area contributed by atoms with Gasteiger partial charge in [-0.15, -0.1) is 0 Å². The molecule has 0 aromatic heterocycles. The first-order chi connectivity index (χ1) is 19.6. The van der Waals surface area contributed by atoms with E-state index in [9.17, 15) is 0 Å². The van der Waals surface area contributed by atoms with E-state index in [1.807, 2.05) is 0 Å². The summed E-state index contributed by atoms with van der Waals surface area (Å²) >= 11 is 0. The van der Waals surface area contributed by atoms with Gasteiger partial charge in [-0.3, -0.25) is 0 Å². The first kappa shape index (κ1) is 25.7. The Balaban J connectivity index is 1.54. The lowest BCUT2D eigenvalue weighted by atomic mass is 9.34. The fourth-order valence-corrected chi connectivity index (χ4v) is 6.41. The zero-order chi connectivity index (χ0) is 28.5. The summed E-state index contributed by atoms with van der Waals surface area (Å²) in [6.07, 6.45) is 0. The van der Waals surface area contributed by atoms with Crippen LogP contribution in [0.5, 0.6) is 11.5 Å². The molecule has 0 N–H and O–H groups in total.